The van der Waals surface area contributed by atoms with Crippen LogP contribution in [0.3, 0.4) is 0 Å². The van der Waals surface area contributed by atoms with Crippen LogP contribution < -0.4 is 9.64 Å². The maximum atomic E-state index is 8.70. The van der Waals surface area contributed by atoms with Crippen molar-refractivity contribution in [1.82, 2.24) is 0 Å². The number of rotatable bonds is 6. The maximum absolute atomic E-state index is 8.70. The number of nitrogens with zero attached hydrogens (tertiary/aromatic N) is 1. The molecule has 0 spiro atoms. The molecule has 0 amide bonds. The number of ether oxygens (including phenoxy) is 1. The summed E-state index contributed by atoms with van der Waals surface area (Å²) >= 11 is 0. The molecule has 0 saturated heterocycles. The molecule has 36 heavy (non-hydrogen) atoms. The van der Waals surface area contributed by atoms with Gasteiger partial charge in [-0.2, -0.15) is 0 Å². The summed E-state index contributed by atoms with van der Waals surface area (Å²) in [7, 11) is 3.81. The quantitative estimate of drug-likeness (QED) is 0.250. The number of anilines is 1. The van der Waals surface area contributed by atoms with E-state index in [-0.39, 0.29) is 28.1 Å². The van der Waals surface area contributed by atoms with Gasteiger partial charge < -0.3 is 20.2 Å². The van der Waals surface area contributed by atoms with Crippen LogP contribution in [0, 0.1) is 17.7 Å². The molecule has 5 nitrogen and oxygen atoms in total. The van der Waals surface area contributed by atoms with Crippen LogP contribution in [0.2, 0.25) is 0 Å². The van der Waals surface area contributed by atoms with Gasteiger partial charge in [0.15, 0.2) is 0 Å². The van der Waals surface area contributed by atoms with Crippen molar-refractivity contribution in [3.8, 4) is 5.75 Å². The van der Waals surface area contributed by atoms with Gasteiger partial charge in [-0.25, -0.2) is 0 Å². The summed E-state index contributed by atoms with van der Waals surface area (Å²) in [5.41, 5.74) is 6.53. The minimum Gasteiger partial charge on any atom is -0.497 e. The van der Waals surface area contributed by atoms with Gasteiger partial charge in [-0.1, -0.05) is 54.1 Å². The second kappa shape index (κ2) is 12.9. The van der Waals surface area contributed by atoms with Crippen LogP contribution in [0.15, 0.2) is 96.7 Å². The third kappa shape index (κ3) is 6.53. The van der Waals surface area contributed by atoms with Crippen molar-refractivity contribution in [2.24, 2.45) is 0 Å². The van der Waals surface area contributed by atoms with Gasteiger partial charge in [0.1, 0.15) is 5.75 Å². The average molecular weight is 527 g/mol. The number of methoxy groups -OCH3 is 1. The van der Waals surface area contributed by atoms with Gasteiger partial charge in [0, 0.05) is 52.4 Å². The van der Waals surface area contributed by atoms with E-state index in [2.05, 4.69) is 61.3 Å². The summed E-state index contributed by atoms with van der Waals surface area (Å²) in [4.78, 5) is 2.24. The van der Waals surface area contributed by atoms with Crippen molar-refractivity contribution in [2.75, 3.05) is 19.1 Å². The maximum Gasteiger partial charge on any atom is 0.210 e. The number of aliphatic hydroxyl groups is 1. The van der Waals surface area contributed by atoms with Gasteiger partial charge in [0.2, 0.25) is 5.90 Å². The zero-order chi connectivity index (χ0) is 25.4. The fourth-order valence-electron chi connectivity index (χ4n) is 4.41. The SMILES string of the molecule is COc1ccc2c(c1)C(C)(Cc1ccccc1)/C(=C/C=C/C=N)N2C.Cc1ccc(C(=N)O)cc1.[Co]. The van der Waals surface area contributed by atoms with Crippen LogP contribution in [0.25, 0.3) is 0 Å². The largest absolute Gasteiger partial charge is 0.497 e. The van der Waals surface area contributed by atoms with E-state index in [4.69, 9.17) is 20.7 Å². The number of aliphatic hydroxyl groups excluding tert-OH is 1. The summed E-state index contributed by atoms with van der Waals surface area (Å²) in [6, 6.07) is 24.0. The van der Waals surface area contributed by atoms with Gasteiger partial charge in [-0.05, 0) is 73.9 Å². The van der Waals surface area contributed by atoms with Crippen LogP contribution >= 0.6 is 0 Å². The zero-order valence-corrected chi connectivity index (χ0v) is 22.1. The molecular formula is C30H33CoN3O2. The molecule has 4 rings (SSSR count). The van der Waals surface area contributed by atoms with Crippen molar-refractivity contribution in [3.63, 3.8) is 0 Å². The number of likely N-dealkylation sites (N-methyl/N-ethyl adjacent to an activating group) is 1. The Kier molecular flexibility index (Phi) is 10.3. The Labute approximate surface area is 224 Å². The molecule has 0 fully saturated rings. The van der Waals surface area contributed by atoms with E-state index in [9.17, 15) is 0 Å². The molecule has 6 heteroatoms. The topological polar surface area (TPSA) is 80.4 Å². The summed E-state index contributed by atoms with van der Waals surface area (Å²) in [5, 5.41) is 22.8. The van der Waals surface area contributed by atoms with Crippen molar-refractivity contribution in [2.45, 2.75) is 25.7 Å². The molecule has 0 bridgehead atoms. The van der Waals surface area contributed by atoms with Gasteiger partial charge in [-0.15, -0.1) is 0 Å². The summed E-state index contributed by atoms with van der Waals surface area (Å²) in [5.74, 6) is 0.503. The molecule has 3 aromatic carbocycles. The molecule has 189 valence electrons. The Morgan fingerprint density at radius 1 is 1.03 bits per heavy atom. The Balaban J connectivity index is 0.000000350. The Bertz CT molecular complexity index is 1240. The minimum absolute atomic E-state index is 0. The van der Waals surface area contributed by atoms with E-state index in [0.717, 1.165) is 17.7 Å². The average Bonchev–Trinajstić information content (AvgIpc) is 3.06. The summed E-state index contributed by atoms with van der Waals surface area (Å²) in [6.07, 6.45) is 8.00. The molecular weight excluding hydrogens is 493 g/mol. The predicted molar refractivity (Wildman–Crippen MR) is 146 cm³/mol. The Morgan fingerprint density at radius 2 is 1.69 bits per heavy atom. The van der Waals surface area contributed by atoms with E-state index in [1.165, 1.54) is 28.7 Å². The van der Waals surface area contributed by atoms with E-state index >= 15 is 0 Å². The summed E-state index contributed by atoms with van der Waals surface area (Å²) in [6.45, 7) is 4.25. The van der Waals surface area contributed by atoms with Gasteiger partial charge in [0.05, 0.1) is 7.11 Å². The molecule has 3 aromatic rings. The first-order valence-electron chi connectivity index (χ1n) is 11.5. The zero-order valence-electron chi connectivity index (χ0n) is 21.1. The first-order chi connectivity index (χ1) is 16.8. The molecule has 1 atom stereocenters. The Morgan fingerprint density at radius 3 is 2.28 bits per heavy atom. The van der Waals surface area contributed by atoms with Crippen LogP contribution in [0.5, 0.6) is 5.75 Å². The second-order valence-corrected chi connectivity index (χ2v) is 8.75. The van der Waals surface area contributed by atoms with Crippen molar-refractivity contribution >= 4 is 17.8 Å². The molecule has 1 radical (unpaired) electrons. The van der Waals surface area contributed by atoms with Crippen molar-refractivity contribution in [3.05, 3.63) is 119 Å². The minimum atomic E-state index is -0.375. The molecule has 1 aliphatic rings. The first-order valence-corrected chi connectivity index (χ1v) is 11.5. The monoisotopic (exact) mass is 526 g/mol. The van der Waals surface area contributed by atoms with Crippen LogP contribution in [0.1, 0.15) is 29.2 Å². The number of hydrogen-bond acceptors (Lipinski definition) is 4. The molecule has 3 N–H and O–H groups in total. The van der Waals surface area contributed by atoms with Gasteiger partial charge in [-0.3, -0.25) is 5.41 Å². The van der Waals surface area contributed by atoms with E-state index in [1.54, 1.807) is 25.3 Å². The molecule has 0 aromatic heterocycles. The number of fused-ring (bicyclic) bond motifs is 1. The fraction of sp³-hybridized carbons (Fsp3) is 0.200. The molecule has 0 saturated carbocycles. The van der Waals surface area contributed by atoms with E-state index < -0.39 is 0 Å². The number of benzene rings is 3. The normalized spacial score (nSPS) is 17.1. The van der Waals surface area contributed by atoms with Crippen LogP contribution in [-0.4, -0.2) is 31.4 Å². The number of allylic oxidation sites excluding steroid dienone is 4. The molecule has 1 unspecified atom stereocenters. The first kappa shape index (κ1) is 28.6. The second-order valence-electron chi connectivity index (χ2n) is 8.75. The molecule has 1 aliphatic heterocycles. The third-order valence-corrected chi connectivity index (χ3v) is 6.27. The number of nitrogens with one attached hydrogen (secondary N) is 2. The van der Waals surface area contributed by atoms with Crippen molar-refractivity contribution < 1.29 is 26.6 Å². The van der Waals surface area contributed by atoms with E-state index in [1.807, 2.05) is 37.3 Å². The smallest absolute Gasteiger partial charge is 0.210 e. The van der Waals surface area contributed by atoms with Gasteiger partial charge >= 0.3 is 0 Å². The third-order valence-electron chi connectivity index (χ3n) is 6.27. The van der Waals surface area contributed by atoms with E-state index in [0.29, 0.717) is 5.56 Å². The van der Waals surface area contributed by atoms with Crippen LogP contribution in [-0.2, 0) is 28.6 Å². The summed E-state index contributed by atoms with van der Waals surface area (Å²) < 4.78 is 5.47. The number of aryl methyl sites for hydroxylation is 1. The van der Waals surface area contributed by atoms with Crippen LogP contribution in [0.4, 0.5) is 5.69 Å². The molecule has 1 heterocycles. The molecule has 0 aliphatic carbocycles. The van der Waals surface area contributed by atoms with Gasteiger partial charge in [0.25, 0.3) is 0 Å². The number of hydrogen-bond donors (Lipinski definition) is 3. The van der Waals surface area contributed by atoms with Crippen molar-refractivity contribution in [1.29, 1.82) is 10.8 Å². The Hall–Kier alpha value is -3.61. The standard InChI is InChI=1S/C22H24N2O.C8H9NO.Co/c1-22(16-17-9-5-4-6-10-17)19-15-18(25-3)12-13-20(19)24(2)21(22)11-7-8-14-23;1-6-2-4-7(5-3-6)8(9)10;/h4-15,23H,16H2,1-3H3;2-5H,1H3,(H2,9,10);/b8-7+,21-11-,23-14?;;. The predicted octanol–water partition coefficient (Wildman–Crippen LogP) is 6.61. The fourth-order valence-corrected chi connectivity index (χ4v) is 4.41.